The molecule has 4 rings (SSSR count). The van der Waals surface area contributed by atoms with Crippen molar-refractivity contribution >= 4 is 6.08 Å². The Bertz CT molecular complexity index is 1160. The zero-order valence-electron chi connectivity index (χ0n) is 18.9. The Labute approximate surface area is 186 Å². The van der Waals surface area contributed by atoms with Crippen LogP contribution in [0.5, 0.6) is 0 Å². The molecule has 0 N–H and O–H groups in total. The van der Waals surface area contributed by atoms with Crippen molar-refractivity contribution in [3.05, 3.63) is 102 Å². The molecule has 0 atom stereocenters. The molecule has 4 aromatic rings. The van der Waals surface area contributed by atoms with Gasteiger partial charge in [0.1, 0.15) is 5.82 Å². The fraction of sp³-hybridized carbons (Fsp3) is 0.172. The van der Waals surface area contributed by atoms with Crippen molar-refractivity contribution < 1.29 is 0 Å². The first-order valence-corrected chi connectivity index (χ1v) is 10.8. The summed E-state index contributed by atoms with van der Waals surface area (Å²) in [5.74, 6) is 0.768. The highest BCUT2D eigenvalue weighted by Gasteiger charge is 2.11. The van der Waals surface area contributed by atoms with Gasteiger partial charge in [-0.1, -0.05) is 99.7 Å². The molecule has 0 aliphatic heterocycles. The quantitative estimate of drug-likeness (QED) is 0.342. The third-order valence-electron chi connectivity index (χ3n) is 4.91. The zero-order valence-corrected chi connectivity index (χ0v) is 18.9. The van der Waals surface area contributed by atoms with Gasteiger partial charge in [0.15, 0.2) is 0 Å². The summed E-state index contributed by atoms with van der Waals surface area (Å²) in [5.41, 5.74) is 8.80. The van der Waals surface area contributed by atoms with Crippen LogP contribution in [0.1, 0.15) is 37.2 Å². The van der Waals surface area contributed by atoms with Gasteiger partial charge in [0.05, 0.1) is 11.4 Å². The van der Waals surface area contributed by atoms with Gasteiger partial charge in [-0.05, 0) is 48.2 Å². The monoisotopic (exact) mass is 406 g/mol. The van der Waals surface area contributed by atoms with Crippen molar-refractivity contribution in [2.75, 3.05) is 0 Å². The maximum Gasteiger partial charge on any atom is 0.126 e. The molecule has 1 aromatic heterocycles. The lowest BCUT2D eigenvalue weighted by atomic mass is 9.93. The Morgan fingerprint density at radius 1 is 0.710 bits per heavy atom. The molecule has 0 saturated carbocycles. The molecule has 0 amide bonds. The van der Waals surface area contributed by atoms with E-state index in [1.807, 2.05) is 37.3 Å². The van der Waals surface area contributed by atoms with Gasteiger partial charge in [-0.3, -0.25) is 0 Å². The molecule has 0 aliphatic carbocycles. The van der Waals surface area contributed by atoms with Crippen molar-refractivity contribution in [3.63, 3.8) is 0 Å². The molecular weight excluding hydrogens is 376 g/mol. The minimum atomic E-state index is 0.768. The number of benzene rings is 3. The van der Waals surface area contributed by atoms with E-state index in [1.54, 1.807) is 0 Å². The highest BCUT2D eigenvalue weighted by Crippen LogP contribution is 2.32. The molecule has 1 heterocycles. The summed E-state index contributed by atoms with van der Waals surface area (Å²) in [6.07, 6.45) is 3.16. The number of aryl methyl sites for hydroxylation is 2. The predicted molar refractivity (Wildman–Crippen MR) is 134 cm³/mol. The summed E-state index contributed by atoms with van der Waals surface area (Å²) < 4.78 is 0. The Morgan fingerprint density at radius 3 is 2.00 bits per heavy atom. The third kappa shape index (κ3) is 5.35. The predicted octanol–water partition coefficient (Wildman–Crippen LogP) is 8.15. The highest BCUT2D eigenvalue weighted by molar-refractivity contribution is 5.80. The molecule has 31 heavy (non-hydrogen) atoms. The molecule has 0 bridgehead atoms. The van der Waals surface area contributed by atoms with Gasteiger partial charge in [0.25, 0.3) is 0 Å². The summed E-state index contributed by atoms with van der Waals surface area (Å²) in [6, 6.07) is 27.1. The van der Waals surface area contributed by atoms with Crippen LogP contribution in [0, 0.1) is 13.8 Å². The molecule has 0 aliphatic rings. The van der Waals surface area contributed by atoms with Crippen LogP contribution >= 0.6 is 0 Å². The second-order valence-electron chi connectivity index (χ2n) is 7.58. The molecule has 0 unspecified atom stereocenters. The average molecular weight is 407 g/mol. The number of nitrogens with zero attached hydrogens (tertiary/aromatic N) is 2. The van der Waals surface area contributed by atoms with E-state index < -0.39 is 0 Å². The van der Waals surface area contributed by atoms with E-state index in [0.29, 0.717) is 0 Å². The maximum atomic E-state index is 4.71. The Balaban J connectivity index is 0.000000858. The number of rotatable bonds is 4. The minimum Gasteiger partial charge on any atom is -0.233 e. The summed E-state index contributed by atoms with van der Waals surface area (Å²) in [7, 11) is 0. The molecule has 2 nitrogen and oxygen atoms in total. The molecule has 3 aromatic carbocycles. The highest BCUT2D eigenvalue weighted by atomic mass is 14.9. The molecule has 156 valence electrons. The second-order valence-corrected chi connectivity index (χ2v) is 7.58. The van der Waals surface area contributed by atoms with Crippen LogP contribution in [-0.4, -0.2) is 9.97 Å². The lowest BCUT2D eigenvalue weighted by Crippen LogP contribution is -1.95. The average Bonchev–Trinajstić information content (AvgIpc) is 2.80. The van der Waals surface area contributed by atoms with Crippen LogP contribution in [0.15, 0.2) is 85.4 Å². The molecule has 0 fully saturated rings. The fourth-order valence-corrected chi connectivity index (χ4v) is 3.46. The van der Waals surface area contributed by atoms with Crippen molar-refractivity contribution in [1.29, 1.82) is 0 Å². The minimum absolute atomic E-state index is 0.768. The SMILES string of the molecule is C=Cc1ccccc1-c1cc(-c2cc(-c3ccccc3)nc(C)n2)ccc1C.CCC. The van der Waals surface area contributed by atoms with E-state index in [4.69, 9.17) is 4.98 Å². The van der Waals surface area contributed by atoms with Gasteiger partial charge in [0.2, 0.25) is 0 Å². The Kier molecular flexibility index (Phi) is 7.50. The van der Waals surface area contributed by atoms with Crippen molar-refractivity contribution in [1.82, 2.24) is 9.97 Å². The largest absolute Gasteiger partial charge is 0.233 e. The Hall–Kier alpha value is -3.52. The van der Waals surface area contributed by atoms with Gasteiger partial charge in [0, 0.05) is 11.1 Å². The van der Waals surface area contributed by atoms with E-state index in [2.05, 4.69) is 86.9 Å². The van der Waals surface area contributed by atoms with E-state index >= 15 is 0 Å². The zero-order chi connectivity index (χ0) is 22.2. The maximum absolute atomic E-state index is 4.71. The molecule has 0 saturated heterocycles. The number of hydrogen-bond acceptors (Lipinski definition) is 2. The van der Waals surface area contributed by atoms with Gasteiger partial charge >= 0.3 is 0 Å². The second kappa shape index (κ2) is 10.5. The van der Waals surface area contributed by atoms with Crippen LogP contribution in [0.2, 0.25) is 0 Å². The van der Waals surface area contributed by atoms with Gasteiger partial charge < -0.3 is 0 Å². The standard InChI is InChI=1S/C26H22N2.C3H8/c1-4-20-10-8-9-13-23(20)24-16-22(15-14-18(24)2)26-17-25(27-19(3)28-26)21-11-6-5-7-12-21;1-3-2/h4-17H,1H2,2-3H3;3H2,1-2H3. The van der Waals surface area contributed by atoms with E-state index in [-0.39, 0.29) is 0 Å². The van der Waals surface area contributed by atoms with E-state index in [0.717, 1.165) is 33.9 Å². The molecule has 0 radical (unpaired) electrons. The van der Waals surface area contributed by atoms with Crippen molar-refractivity contribution in [2.45, 2.75) is 34.1 Å². The van der Waals surface area contributed by atoms with Gasteiger partial charge in [-0.2, -0.15) is 0 Å². The van der Waals surface area contributed by atoms with Crippen molar-refractivity contribution in [2.24, 2.45) is 0 Å². The third-order valence-corrected chi connectivity index (χ3v) is 4.91. The smallest absolute Gasteiger partial charge is 0.126 e. The van der Waals surface area contributed by atoms with Crippen LogP contribution in [0.25, 0.3) is 39.7 Å². The van der Waals surface area contributed by atoms with Crippen molar-refractivity contribution in [3.8, 4) is 33.6 Å². The summed E-state index contributed by atoms with van der Waals surface area (Å²) in [4.78, 5) is 9.34. The van der Waals surface area contributed by atoms with E-state index in [1.165, 1.54) is 23.1 Å². The summed E-state index contributed by atoms with van der Waals surface area (Å²) in [5, 5.41) is 0. The molecule has 2 heteroatoms. The van der Waals surface area contributed by atoms with Crippen LogP contribution in [0.3, 0.4) is 0 Å². The molecular formula is C29H30N2. The normalized spacial score (nSPS) is 10.2. The fourth-order valence-electron chi connectivity index (χ4n) is 3.46. The topological polar surface area (TPSA) is 25.8 Å². The first-order chi connectivity index (χ1) is 15.1. The lowest BCUT2D eigenvalue weighted by Gasteiger charge is -2.13. The summed E-state index contributed by atoms with van der Waals surface area (Å²) in [6.45, 7) is 12.3. The van der Waals surface area contributed by atoms with Gasteiger partial charge in [-0.15, -0.1) is 0 Å². The van der Waals surface area contributed by atoms with Crippen LogP contribution in [-0.2, 0) is 0 Å². The van der Waals surface area contributed by atoms with Crippen LogP contribution < -0.4 is 0 Å². The first kappa shape index (κ1) is 22.2. The Morgan fingerprint density at radius 2 is 1.32 bits per heavy atom. The lowest BCUT2D eigenvalue weighted by molar-refractivity contribution is 1.06. The number of aromatic nitrogens is 2. The first-order valence-electron chi connectivity index (χ1n) is 10.8. The van der Waals surface area contributed by atoms with Gasteiger partial charge in [-0.25, -0.2) is 9.97 Å². The number of hydrogen-bond donors (Lipinski definition) is 0. The van der Waals surface area contributed by atoms with Crippen LogP contribution in [0.4, 0.5) is 0 Å². The molecule has 0 spiro atoms. The van der Waals surface area contributed by atoms with E-state index in [9.17, 15) is 0 Å². The summed E-state index contributed by atoms with van der Waals surface area (Å²) >= 11 is 0.